The van der Waals surface area contributed by atoms with Crippen molar-refractivity contribution in [3.63, 3.8) is 0 Å². The molecule has 1 atom stereocenters. The highest BCUT2D eigenvalue weighted by Crippen LogP contribution is 2.26. The molecule has 0 heterocycles. The van der Waals surface area contributed by atoms with Gasteiger partial charge in [0.25, 0.3) is 0 Å². The molecule has 1 rings (SSSR count). The second kappa shape index (κ2) is 8.77. The van der Waals surface area contributed by atoms with Crippen molar-refractivity contribution in [1.29, 1.82) is 0 Å². The van der Waals surface area contributed by atoms with Gasteiger partial charge in [-0.2, -0.15) is 0 Å². The maximum absolute atomic E-state index is 10.8. The molecule has 0 aliphatic rings. The highest BCUT2D eigenvalue weighted by atomic mass is 35.5. The average molecular weight is 357 g/mol. The normalized spacial score (nSPS) is 13.1. The molecule has 0 fully saturated rings. The zero-order chi connectivity index (χ0) is 15.9. The molecule has 0 aromatic heterocycles. The van der Waals surface area contributed by atoms with Gasteiger partial charge in [-0.15, -0.1) is 0 Å². The number of ether oxygens (including phenoxy) is 1. The molecule has 9 heteroatoms. The van der Waals surface area contributed by atoms with Crippen LogP contribution in [0.3, 0.4) is 0 Å². The van der Waals surface area contributed by atoms with E-state index in [-0.39, 0.29) is 19.7 Å². The van der Waals surface area contributed by atoms with Crippen molar-refractivity contribution in [3.8, 4) is 5.75 Å². The van der Waals surface area contributed by atoms with E-state index in [1.54, 1.807) is 18.2 Å². The van der Waals surface area contributed by atoms with E-state index in [1.165, 1.54) is 0 Å². The number of rotatable bonds is 9. The van der Waals surface area contributed by atoms with Crippen LogP contribution in [0.15, 0.2) is 18.2 Å². The highest BCUT2D eigenvalue weighted by Gasteiger charge is 2.06. The zero-order valence-corrected chi connectivity index (χ0v) is 13.8. The number of benzene rings is 1. The second-order valence-corrected chi connectivity index (χ2v) is 7.06. The Bertz CT molecular complexity index is 554. The van der Waals surface area contributed by atoms with E-state index < -0.39 is 16.1 Å². The Morgan fingerprint density at radius 1 is 1.29 bits per heavy atom. The Morgan fingerprint density at radius 2 is 2.00 bits per heavy atom. The van der Waals surface area contributed by atoms with Gasteiger partial charge in [-0.25, -0.2) is 13.1 Å². The summed E-state index contributed by atoms with van der Waals surface area (Å²) < 4.78 is 29.3. The lowest BCUT2D eigenvalue weighted by Gasteiger charge is -2.13. The van der Waals surface area contributed by atoms with Crippen LogP contribution in [0, 0.1) is 0 Å². The molecule has 3 N–H and O–H groups in total. The van der Waals surface area contributed by atoms with Crippen LogP contribution in [0.2, 0.25) is 10.0 Å². The van der Waals surface area contributed by atoms with Gasteiger partial charge in [0, 0.05) is 25.7 Å². The Labute approximate surface area is 134 Å². The molecule has 1 aromatic rings. The number of nitrogens with one attached hydrogen (secondary N) is 2. The highest BCUT2D eigenvalue weighted by molar-refractivity contribution is 7.88. The van der Waals surface area contributed by atoms with Gasteiger partial charge in [-0.3, -0.25) is 0 Å². The van der Waals surface area contributed by atoms with Gasteiger partial charge in [0.1, 0.15) is 18.5 Å². The van der Waals surface area contributed by atoms with Gasteiger partial charge in [0.05, 0.1) is 16.3 Å². The van der Waals surface area contributed by atoms with Gasteiger partial charge in [0.15, 0.2) is 0 Å². The molecule has 0 spiro atoms. The molecule has 120 valence electrons. The molecule has 0 bridgehead atoms. The Balaban J connectivity index is 2.19. The van der Waals surface area contributed by atoms with Gasteiger partial charge in [-0.1, -0.05) is 23.2 Å². The quantitative estimate of drug-likeness (QED) is 0.571. The number of aliphatic hydroxyl groups is 1. The van der Waals surface area contributed by atoms with Crippen molar-refractivity contribution in [1.82, 2.24) is 10.0 Å². The zero-order valence-electron chi connectivity index (χ0n) is 11.5. The van der Waals surface area contributed by atoms with Crippen molar-refractivity contribution < 1.29 is 18.3 Å². The third kappa shape index (κ3) is 8.45. The van der Waals surface area contributed by atoms with Crippen LogP contribution in [0.25, 0.3) is 0 Å². The third-order valence-corrected chi connectivity index (χ3v) is 3.85. The van der Waals surface area contributed by atoms with E-state index in [1.807, 2.05) is 0 Å². The number of sulfonamides is 1. The smallest absolute Gasteiger partial charge is 0.208 e. The summed E-state index contributed by atoms with van der Waals surface area (Å²) in [7, 11) is -3.18. The molecule has 6 nitrogen and oxygen atoms in total. The van der Waals surface area contributed by atoms with Gasteiger partial charge < -0.3 is 15.2 Å². The van der Waals surface area contributed by atoms with Crippen LogP contribution in [-0.2, 0) is 10.0 Å². The van der Waals surface area contributed by atoms with E-state index >= 15 is 0 Å². The van der Waals surface area contributed by atoms with Crippen molar-refractivity contribution in [2.75, 3.05) is 32.5 Å². The first kappa shape index (κ1) is 18.5. The molecule has 1 aromatic carbocycles. The number of hydrogen-bond donors (Lipinski definition) is 3. The largest absolute Gasteiger partial charge is 0.491 e. The fraction of sp³-hybridized carbons (Fsp3) is 0.500. The molecular formula is C12H18Cl2N2O4S. The van der Waals surface area contributed by atoms with Crippen LogP contribution >= 0.6 is 23.2 Å². The predicted molar refractivity (Wildman–Crippen MR) is 83.7 cm³/mol. The minimum Gasteiger partial charge on any atom is -0.491 e. The van der Waals surface area contributed by atoms with Crippen molar-refractivity contribution >= 4 is 33.2 Å². The standard InChI is InChI=1S/C12H18Cl2N2O4S/c1-21(18,19)16-5-4-15-7-9(17)8-20-10-2-3-11(13)12(14)6-10/h2-3,6,9,15-17H,4-5,7-8H2,1H3. The second-order valence-electron chi connectivity index (χ2n) is 4.41. The van der Waals surface area contributed by atoms with E-state index in [0.29, 0.717) is 22.3 Å². The first-order valence-corrected chi connectivity index (χ1v) is 8.84. The average Bonchev–Trinajstić information content (AvgIpc) is 2.38. The fourth-order valence-electron chi connectivity index (χ4n) is 1.41. The summed E-state index contributed by atoms with van der Waals surface area (Å²) in [6, 6.07) is 4.84. The summed E-state index contributed by atoms with van der Waals surface area (Å²) in [4.78, 5) is 0. The van der Waals surface area contributed by atoms with E-state index in [4.69, 9.17) is 27.9 Å². The van der Waals surface area contributed by atoms with E-state index in [0.717, 1.165) is 6.26 Å². The number of aliphatic hydroxyl groups excluding tert-OH is 1. The summed E-state index contributed by atoms with van der Waals surface area (Å²) >= 11 is 11.6. The lowest BCUT2D eigenvalue weighted by atomic mass is 10.3. The van der Waals surface area contributed by atoms with E-state index in [9.17, 15) is 13.5 Å². The van der Waals surface area contributed by atoms with Crippen LogP contribution in [0.4, 0.5) is 0 Å². The van der Waals surface area contributed by atoms with Crippen molar-refractivity contribution in [2.45, 2.75) is 6.10 Å². The summed E-state index contributed by atoms with van der Waals surface area (Å²) in [5.41, 5.74) is 0. The van der Waals surface area contributed by atoms with Gasteiger partial charge in [0.2, 0.25) is 10.0 Å². The Kier molecular flexibility index (Phi) is 7.72. The first-order chi connectivity index (χ1) is 9.78. The van der Waals surface area contributed by atoms with Crippen molar-refractivity contribution in [2.24, 2.45) is 0 Å². The maximum atomic E-state index is 10.8. The lowest BCUT2D eigenvalue weighted by Crippen LogP contribution is -2.36. The van der Waals surface area contributed by atoms with Gasteiger partial charge in [-0.05, 0) is 12.1 Å². The fourth-order valence-corrected chi connectivity index (χ4v) is 2.17. The molecule has 21 heavy (non-hydrogen) atoms. The van der Waals surface area contributed by atoms with Gasteiger partial charge >= 0.3 is 0 Å². The third-order valence-electron chi connectivity index (χ3n) is 2.38. The summed E-state index contributed by atoms with van der Waals surface area (Å²) in [5, 5.41) is 13.4. The van der Waals surface area contributed by atoms with Crippen molar-refractivity contribution in [3.05, 3.63) is 28.2 Å². The number of hydrogen-bond acceptors (Lipinski definition) is 5. The molecular weight excluding hydrogens is 339 g/mol. The summed E-state index contributed by atoms with van der Waals surface area (Å²) in [5.74, 6) is 0.516. The molecule has 0 aliphatic heterocycles. The minimum atomic E-state index is -3.18. The molecule has 0 saturated carbocycles. The lowest BCUT2D eigenvalue weighted by molar-refractivity contribution is 0.107. The first-order valence-electron chi connectivity index (χ1n) is 6.19. The number of halogens is 2. The Hall–Kier alpha value is -0.570. The monoisotopic (exact) mass is 356 g/mol. The predicted octanol–water partition coefficient (Wildman–Crippen LogP) is 0.872. The molecule has 0 amide bonds. The Morgan fingerprint density at radius 3 is 2.62 bits per heavy atom. The summed E-state index contributed by atoms with van der Waals surface area (Å²) in [6.07, 6.45) is 0.366. The van der Waals surface area contributed by atoms with Crippen LogP contribution in [0.1, 0.15) is 0 Å². The topological polar surface area (TPSA) is 87.7 Å². The molecule has 0 aliphatic carbocycles. The molecule has 1 unspecified atom stereocenters. The molecule has 0 radical (unpaired) electrons. The maximum Gasteiger partial charge on any atom is 0.208 e. The van der Waals surface area contributed by atoms with Crippen LogP contribution in [-0.4, -0.2) is 52.1 Å². The van der Waals surface area contributed by atoms with Crippen LogP contribution in [0.5, 0.6) is 5.75 Å². The van der Waals surface area contributed by atoms with E-state index in [2.05, 4.69) is 10.0 Å². The summed E-state index contributed by atoms with van der Waals surface area (Å²) in [6.45, 7) is 1.05. The molecule has 0 saturated heterocycles. The van der Waals surface area contributed by atoms with Crippen LogP contribution < -0.4 is 14.8 Å². The SMILES string of the molecule is CS(=O)(=O)NCCNCC(O)COc1ccc(Cl)c(Cl)c1. The minimum absolute atomic E-state index is 0.0878.